The normalized spacial score (nSPS) is 11.0. The van der Waals surface area contributed by atoms with Gasteiger partial charge < -0.3 is 10.0 Å². The Morgan fingerprint density at radius 1 is 1.41 bits per heavy atom. The SMILES string of the molecule is CCc1ncc(CN(C)c2ncc(C(=O)O)n3nccc23)s1. The number of hydrogen-bond donors (Lipinski definition) is 1. The first-order valence-electron chi connectivity index (χ1n) is 6.81. The number of carboxylic acids is 1. The van der Waals surface area contributed by atoms with Crippen LogP contribution in [0.25, 0.3) is 5.52 Å². The second-order valence-corrected chi connectivity index (χ2v) is 6.03. The van der Waals surface area contributed by atoms with Crippen molar-refractivity contribution in [1.29, 1.82) is 0 Å². The maximum atomic E-state index is 11.2. The molecule has 0 aliphatic heterocycles. The lowest BCUT2D eigenvalue weighted by molar-refractivity contribution is 0.0687. The van der Waals surface area contributed by atoms with Gasteiger partial charge in [0.05, 0.1) is 23.9 Å². The highest BCUT2D eigenvalue weighted by molar-refractivity contribution is 7.11. The van der Waals surface area contributed by atoms with Crippen LogP contribution >= 0.6 is 11.3 Å². The Bertz CT molecular complexity index is 826. The van der Waals surface area contributed by atoms with Crippen LogP contribution in [0.2, 0.25) is 0 Å². The number of nitrogens with zero attached hydrogens (tertiary/aromatic N) is 5. The molecule has 1 N–H and O–H groups in total. The first-order valence-corrected chi connectivity index (χ1v) is 7.62. The Balaban J connectivity index is 1.94. The highest BCUT2D eigenvalue weighted by Gasteiger charge is 2.16. The van der Waals surface area contributed by atoms with E-state index < -0.39 is 5.97 Å². The van der Waals surface area contributed by atoms with Crippen LogP contribution in [0.15, 0.2) is 24.7 Å². The van der Waals surface area contributed by atoms with Gasteiger partial charge in [0.25, 0.3) is 0 Å². The Hall–Kier alpha value is -2.48. The van der Waals surface area contributed by atoms with E-state index in [2.05, 4.69) is 22.0 Å². The summed E-state index contributed by atoms with van der Waals surface area (Å²) in [5.74, 6) is -0.362. The highest BCUT2D eigenvalue weighted by atomic mass is 32.1. The number of rotatable bonds is 5. The molecule has 7 nitrogen and oxygen atoms in total. The van der Waals surface area contributed by atoms with E-state index in [4.69, 9.17) is 0 Å². The molecule has 0 amide bonds. The van der Waals surface area contributed by atoms with Crippen molar-refractivity contribution in [3.05, 3.63) is 40.2 Å². The second kappa shape index (κ2) is 5.72. The van der Waals surface area contributed by atoms with Crippen LogP contribution in [0.1, 0.15) is 27.3 Å². The van der Waals surface area contributed by atoms with E-state index in [9.17, 15) is 9.90 Å². The third kappa shape index (κ3) is 2.52. The fourth-order valence-electron chi connectivity index (χ4n) is 2.24. The molecule has 0 saturated heterocycles. The first kappa shape index (κ1) is 14.5. The van der Waals surface area contributed by atoms with Crippen molar-refractivity contribution >= 4 is 28.6 Å². The number of thiazole rings is 1. The molecule has 8 heteroatoms. The van der Waals surface area contributed by atoms with Gasteiger partial charge in [0, 0.05) is 18.1 Å². The number of fused-ring (bicyclic) bond motifs is 1. The van der Waals surface area contributed by atoms with Crippen LogP contribution in [0, 0.1) is 0 Å². The standard InChI is InChI=1S/C14H15N5O2S/c1-3-12-15-6-9(22-12)8-18(2)13-10-4-5-17-19(10)11(7-16-13)14(20)21/h4-7H,3,8H2,1-2H3,(H,20,21). The molecular formula is C14H15N5O2S. The minimum absolute atomic E-state index is 0.0446. The van der Waals surface area contributed by atoms with E-state index >= 15 is 0 Å². The minimum Gasteiger partial charge on any atom is -0.476 e. The zero-order valence-corrected chi connectivity index (χ0v) is 13.0. The van der Waals surface area contributed by atoms with Crippen LogP contribution < -0.4 is 4.90 Å². The number of anilines is 1. The van der Waals surface area contributed by atoms with Crippen molar-refractivity contribution in [1.82, 2.24) is 19.6 Å². The van der Waals surface area contributed by atoms with Crippen molar-refractivity contribution in [2.24, 2.45) is 0 Å². The number of carboxylic acid groups (broad SMARTS) is 1. The third-order valence-corrected chi connectivity index (χ3v) is 4.41. The summed E-state index contributed by atoms with van der Waals surface area (Å²) in [7, 11) is 1.92. The lowest BCUT2D eigenvalue weighted by Gasteiger charge is -2.18. The number of aryl methyl sites for hydroxylation is 1. The zero-order chi connectivity index (χ0) is 15.7. The van der Waals surface area contributed by atoms with E-state index in [1.54, 1.807) is 23.6 Å². The quantitative estimate of drug-likeness (QED) is 0.775. The average molecular weight is 317 g/mol. The lowest BCUT2D eigenvalue weighted by atomic mass is 10.3. The highest BCUT2D eigenvalue weighted by Crippen LogP contribution is 2.22. The summed E-state index contributed by atoms with van der Waals surface area (Å²) >= 11 is 1.67. The fourth-order valence-corrected chi connectivity index (χ4v) is 3.16. The second-order valence-electron chi connectivity index (χ2n) is 4.83. The third-order valence-electron chi connectivity index (χ3n) is 3.29. The molecular weight excluding hydrogens is 302 g/mol. The molecule has 0 bridgehead atoms. The van der Waals surface area contributed by atoms with E-state index in [0.29, 0.717) is 17.9 Å². The number of hydrogen-bond acceptors (Lipinski definition) is 6. The molecule has 0 radical (unpaired) electrons. The summed E-state index contributed by atoms with van der Waals surface area (Å²) in [6, 6.07) is 1.76. The van der Waals surface area contributed by atoms with Crippen LogP contribution in [0.5, 0.6) is 0 Å². The predicted molar refractivity (Wildman–Crippen MR) is 83.5 cm³/mol. The van der Waals surface area contributed by atoms with E-state index in [-0.39, 0.29) is 5.69 Å². The van der Waals surface area contributed by atoms with Crippen LogP contribution in [0.4, 0.5) is 5.82 Å². The predicted octanol–water partition coefficient (Wildman–Crippen LogP) is 2.08. The Morgan fingerprint density at radius 2 is 2.23 bits per heavy atom. The fraction of sp³-hybridized carbons (Fsp3) is 0.286. The summed E-state index contributed by atoms with van der Waals surface area (Å²) < 4.78 is 1.39. The van der Waals surface area contributed by atoms with Gasteiger partial charge in [-0.15, -0.1) is 11.3 Å². The summed E-state index contributed by atoms with van der Waals surface area (Å²) in [6.45, 7) is 2.74. The minimum atomic E-state index is -1.05. The van der Waals surface area contributed by atoms with Crippen molar-refractivity contribution in [3.8, 4) is 0 Å². The Labute approximate surface area is 130 Å². The van der Waals surface area contributed by atoms with E-state index in [1.165, 1.54) is 10.7 Å². The Morgan fingerprint density at radius 3 is 2.91 bits per heavy atom. The maximum absolute atomic E-state index is 11.2. The summed E-state index contributed by atoms with van der Waals surface area (Å²) in [5.41, 5.74) is 0.714. The molecule has 3 heterocycles. The molecule has 0 atom stereocenters. The summed E-state index contributed by atoms with van der Waals surface area (Å²) in [5, 5.41) is 14.3. The van der Waals surface area contributed by atoms with Crippen molar-refractivity contribution < 1.29 is 9.90 Å². The van der Waals surface area contributed by atoms with Gasteiger partial charge in [0.15, 0.2) is 11.5 Å². The molecule has 0 saturated carbocycles. The Kier molecular flexibility index (Phi) is 3.76. The number of aromatic carboxylic acids is 1. The largest absolute Gasteiger partial charge is 0.476 e. The summed E-state index contributed by atoms with van der Waals surface area (Å²) in [6.07, 6.45) is 5.70. The van der Waals surface area contributed by atoms with Gasteiger partial charge in [0.1, 0.15) is 5.52 Å². The van der Waals surface area contributed by atoms with Crippen LogP contribution in [-0.4, -0.2) is 37.7 Å². The van der Waals surface area contributed by atoms with Gasteiger partial charge in [-0.25, -0.2) is 19.3 Å². The van der Waals surface area contributed by atoms with E-state index in [1.807, 2.05) is 18.1 Å². The molecule has 114 valence electrons. The van der Waals surface area contributed by atoms with Gasteiger partial charge in [-0.2, -0.15) is 5.10 Å². The molecule has 0 fully saturated rings. The summed E-state index contributed by atoms with van der Waals surface area (Å²) in [4.78, 5) is 22.9. The van der Waals surface area contributed by atoms with Crippen molar-refractivity contribution in [3.63, 3.8) is 0 Å². The molecule has 0 aliphatic rings. The average Bonchev–Trinajstić information content (AvgIpc) is 3.14. The van der Waals surface area contributed by atoms with Crippen molar-refractivity contribution in [2.75, 3.05) is 11.9 Å². The molecule has 3 rings (SSSR count). The molecule has 0 aliphatic carbocycles. The molecule has 3 aromatic rings. The van der Waals surface area contributed by atoms with E-state index in [0.717, 1.165) is 16.3 Å². The van der Waals surface area contributed by atoms with Gasteiger partial charge in [-0.3, -0.25) is 0 Å². The molecule has 0 unspecified atom stereocenters. The molecule has 0 aromatic carbocycles. The molecule has 0 spiro atoms. The maximum Gasteiger partial charge on any atom is 0.356 e. The van der Waals surface area contributed by atoms with Crippen LogP contribution in [-0.2, 0) is 13.0 Å². The van der Waals surface area contributed by atoms with Crippen molar-refractivity contribution in [2.45, 2.75) is 19.9 Å². The van der Waals surface area contributed by atoms with Crippen LogP contribution in [0.3, 0.4) is 0 Å². The smallest absolute Gasteiger partial charge is 0.356 e. The lowest BCUT2D eigenvalue weighted by Crippen LogP contribution is -2.19. The monoisotopic (exact) mass is 317 g/mol. The van der Waals surface area contributed by atoms with Gasteiger partial charge in [-0.05, 0) is 12.5 Å². The zero-order valence-electron chi connectivity index (χ0n) is 12.2. The number of carbonyl (C=O) groups is 1. The van der Waals surface area contributed by atoms with Gasteiger partial charge >= 0.3 is 5.97 Å². The van der Waals surface area contributed by atoms with Gasteiger partial charge in [0.2, 0.25) is 0 Å². The first-order chi connectivity index (χ1) is 10.6. The molecule has 3 aromatic heterocycles. The molecule has 22 heavy (non-hydrogen) atoms. The topological polar surface area (TPSA) is 83.6 Å². The number of aromatic nitrogens is 4. The van der Waals surface area contributed by atoms with Gasteiger partial charge in [-0.1, -0.05) is 6.92 Å².